The largest absolute Gasteiger partial charge is 0.307 e. The van der Waals surface area contributed by atoms with E-state index in [-0.39, 0.29) is 0 Å². The van der Waals surface area contributed by atoms with E-state index in [9.17, 15) is 0 Å². The van der Waals surface area contributed by atoms with Gasteiger partial charge in [0.2, 0.25) is 5.95 Å². The molecule has 0 bridgehead atoms. The van der Waals surface area contributed by atoms with Crippen LogP contribution in [0.3, 0.4) is 0 Å². The Labute approximate surface area is 273 Å². The van der Waals surface area contributed by atoms with Gasteiger partial charge in [-0.2, -0.15) is 0 Å². The number of aromatic nitrogens is 4. The molecule has 0 atom stereocenters. The van der Waals surface area contributed by atoms with Gasteiger partial charge in [-0.1, -0.05) is 115 Å². The first-order valence-electron chi connectivity index (χ1n) is 16.1. The number of para-hydroxylation sites is 3. The molecule has 0 aliphatic rings. The summed E-state index contributed by atoms with van der Waals surface area (Å²) in [4.78, 5) is 14.1. The molecule has 5 nitrogen and oxygen atoms in total. The van der Waals surface area contributed by atoms with Gasteiger partial charge < -0.3 is 4.40 Å². The molecule has 11 rings (SSSR count). The molecule has 0 N–H and O–H groups in total. The third-order valence-electron chi connectivity index (χ3n) is 10.0. The standard InChI is InChI=1S/C43H23N5/c1-44-27-21-18-26(19-22-27)40-30-13-4-7-15-34(30)45-43(46-40)47-36-17-9-6-14-31(36)38-37(47)24-33-29-12-5-8-16-35(29)48-41-28-11-3-2-10-25(28)20-23-32(41)39(38)42(33)48/h2-24H. The van der Waals surface area contributed by atoms with Crippen LogP contribution in [-0.2, 0) is 0 Å². The minimum absolute atomic E-state index is 0.606. The zero-order chi connectivity index (χ0) is 31.5. The van der Waals surface area contributed by atoms with Crippen molar-refractivity contribution in [3.05, 3.63) is 151 Å². The van der Waals surface area contributed by atoms with Crippen LogP contribution in [0.15, 0.2) is 140 Å². The topological polar surface area (TPSA) is 39.5 Å². The Morgan fingerprint density at radius 1 is 0.500 bits per heavy atom. The van der Waals surface area contributed by atoms with Crippen molar-refractivity contribution in [3.8, 4) is 17.2 Å². The number of benzene rings is 7. The maximum atomic E-state index is 7.44. The Bertz CT molecular complexity index is 3170. The van der Waals surface area contributed by atoms with Crippen LogP contribution >= 0.6 is 0 Å². The molecule has 7 aromatic carbocycles. The van der Waals surface area contributed by atoms with E-state index in [2.05, 4.69) is 117 Å². The van der Waals surface area contributed by atoms with Crippen LogP contribution in [0.1, 0.15) is 0 Å². The van der Waals surface area contributed by atoms with E-state index in [1.807, 2.05) is 36.4 Å². The minimum atomic E-state index is 0.606. The van der Waals surface area contributed by atoms with Gasteiger partial charge in [0.15, 0.2) is 5.69 Å². The SMILES string of the molecule is [C-]#[N+]c1ccc(-c2nc(-n3c4ccccc4c4c5c6ccc7ccccc7c6n6c7ccccc7c(cc43)c56)nc3ccccc23)cc1. The molecule has 4 heterocycles. The van der Waals surface area contributed by atoms with Gasteiger partial charge in [-0.3, -0.25) is 4.57 Å². The number of hydrogen-bond acceptors (Lipinski definition) is 2. The van der Waals surface area contributed by atoms with E-state index >= 15 is 0 Å². The fourth-order valence-corrected chi connectivity index (χ4v) is 8.06. The highest BCUT2D eigenvalue weighted by Crippen LogP contribution is 2.47. The third-order valence-corrected chi connectivity index (χ3v) is 10.0. The van der Waals surface area contributed by atoms with E-state index < -0.39 is 0 Å². The Balaban J connectivity index is 1.35. The second-order valence-corrected chi connectivity index (χ2v) is 12.5. The fourth-order valence-electron chi connectivity index (χ4n) is 8.06. The summed E-state index contributed by atoms with van der Waals surface area (Å²) in [7, 11) is 0. The number of hydrogen-bond donors (Lipinski definition) is 0. The predicted molar refractivity (Wildman–Crippen MR) is 198 cm³/mol. The smallest absolute Gasteiger partial charge is 0.235 e. The summed E-state index contributed by atoms with van der Waals surface area (Å²) < 4.78 is 4.73. The van der Waals surface area contributed by atoms with Gasteiger partial charge in [0, 0.05) is 43.1 Å². The van der Waals surface area contributed by atoms with Crippen LogP contribution in [0.5, 0.6) is 0 Å². The van der Waals surface area contributed by atoms with Crippen molar-refractivity contribution < 1.29 is 0 Å². The van der Waals surface area contributed by atoms with Crippen molar-refractivity contribution in [1.82, 2.24) is 18.9 Å². The molecule has 5 heteroatoms. The van der Waals surface area contributed by atoms with Crippen LogP contribution in [0.25, 0.3) is 104 Å². The lowest BCUT2D eigenvalue weighted by atomic mass is 10.0. The van der Waals surface area contributed by atoms with E-state index in [0.29, 0.717) is 11.6 Å². The molecule has 4 aromatic heterocycles. The second-order valence-electron chi connectivity index (χ2n) is 12.5. The quantitative estimate of drug-likeness (QED) is 0.183. The van der Waals surface area contributed by atoms with Gasteiger partial charge in [-0.25, -0.2) is 14.8 Å². The zero-order valence-electron chi connectivity index (χ0n) is 25.5. The maximum absolute atomic E-state index is 7.44. The summed E-state index contributed by atoms with van der Waals surface area (Å²) in [6.45, 7) is 7.44. The lowest BCUT2D eigenvalue weighted by molar-refractivity contribution is 1.01. The monoisotopic (exact) mass is 609 g/mol. The van der Waals surface area contributed by atoms with Gasteiger partial charge in [0.1, 0.15) is 0 Å². The molecule has 0 spiro atoms. The average molecular weight is 610 g/mol. The van der Waals surface area contributed by atoms with Crippen LogP contribution in [-0.4, -0.2) is 18.9 Å². The summed E-state index contributed by atoms with van der Waals surface area (Å²) in [5.74, 6) is 0.621. The lowest BCUT2D eigenvalue weighted by Gasteiger charge is -2.12. The number of fused-ring (bicyclic) bond motifs is 13. The van der Waals surface area contributed by atoms with Crippen LogP contribution in [0.2, 0.25) is 0 Å². The summed E-state index contributed by atoms with van der Waals surface area (Å²) in [6, 6.07) is 48.8. The summed E-state index contributed by atoms with van der Waals surface area (Å²) in [6.07, 6.45) is 0. The van der Waals surface area contributed by atoms with Gasteiger partial charge in [0.05, 0.1) is 45.4 Å². The molecule has 0 radical (unpaired) electrons. The van der Waals surface area contributed by atoms with E-state index in [1.165, 1.54) is 59.6 Å². The van der Waals surface area contributed by atoms with E-state index in [1.54, 1.807) is 0 Å². The van der Waals surface area contributed by atoms with E-state index in [4.69, 9.17) is 16.5 Å². The molecular weight excluding hydrogens is 587 g/mol. The Kier molecular flexibility index (Phi) is 4.85. The summed E-state index contributed by atoms with van der Waals surface area (Å²) in [5.41, 5.74) is 9.11. The predicted octanol–water partition coefficient (Wildman–Crippen LogP) is 11.2. The first-order chi connectivity index (χ1) is 23.8. The molecule has 0 aliphatic heterocycles. The number of nitrogens with zero attached hydrogens (tertiary/aromatic N) is 5. The minimum Gasteiger partial charge on any atom is -0.307 e. The first-order valence-corrected chi connectivity index (χ1v) is 16.1. The highest BCUT2D eigenvalue weighted by atomic mass is 15.2. The van der Waals surface area contributed by atoms with Gasteiger partial charge in [-0.05, 0) is 35.2 Å². The highest BCUT2D eigenvalue weighted by Gasteiger charge is 2.25. The molecule has 48 heavy (non-hydrogen) atoms. The molecule has 0 saturated heterocycles. The third kappa shape index (κ3) is 3.18. The normalized spacial score (nSPS) is 12.1. The Morgan fingerprint density at radius 3 is 2.04 bits per heavy atom. The molecule has 0 aliphatic carbocycles. The summed E-state index contributed by atoms with van der Waals surface area (Å²) in [5, 5.41) is 10.8. The maximum Gasteiger partial charge on any atom is 0.235 e. The first kappa shape index (κ1) is 25.4. The van der Waals surface area contributed by atoms with Crippen molar-refractivity contribution in [2.75, 3.05) is 0 Å². The molecule has 0 saturated carbocycles. The Morgan fingerprint density at radius 2 is 1.21 bits per heavy atom. The molecule has 0 fully saturated rings. The molecule has 220 valence electrons. The molecule has 0 amide bonds. The van der Waals surface area contributed by atoms with Crippen LogP contribution in [0.4, 0.5) is 5.69 Å². The molecule has 11 aromatic rings. The molecule has 0 unspecified atom stereocenters. The van der Waals surface area contributed by atoms with Gasteiger partial charge in [-0.15, -0.1) is 0 Å². The zero-order valence-corrected chi connectivity index (χ0v) is 25.5. The molecular formula is C43H23N5. The van der Waals surface area contributed by atoms with Crippen molar-refractivity contribution in [3.63, 3.8) is 0 Å². The van der Waals surface area contributed by atoms with Crippen LogP contribution < -0.4 is 0 Å². The second kappa shape index (κ2) is 9.16. The van der Waals surface area contributed by atoms with Crippen molar-refractivity contribution in [1.29, 1.82) is 0 Å². The van der Waals surface area contributed by atoms with Gasteiger partial charge >= 0.3 is 0 Å². The van der Waals surface area contributed by atoms with Crippen molar-refractivity contribution in [2.24, 2.45) is 0 Å². The lowest BCUT2D eigenvalue weighted by Crippen LogP contribution is -2.03. The van der Waals surface area contributed by atoms with Crippen molar-refractivity contribution >= 4 is 87.3 Å². The number of rotatable bonds is 2. The highest BCUT2D eigenvalue weighted by molar-refractivity contribution is 6.37. The Hall–Kier alpha value is -6.77. The fraction of sp³-hybridized carbons (Fsp3) is 0. The van der Waals surface area contributed by atoms with Crippen LogP contribution in [0, 0.1) is 6.57 Å². The van der Waals surface area contributed by atoms with E-state index in [0.717, 1.165) is 33.2 Å². The van der Waals surface area contributed by atoms with Crippen molar-refractivity contribution in [2.45, 2.75) is 0 Å². The van der Waals surface area contributed by atoms with Gasteiger partial charge in [0.25, 0.3) is 0 Å². The summed E-state index contributed by atoms with van der Waals surface area (Å²) >= 11 is 0. The average Bonchev–Trinajstić information content (AvgIpc) is 3.79.